The zero-order valence-corrected chi connectivity index (χ0v) is 20.2. The first-order valence-electron chi connectivity index (χ1n) is 12.2. The maximum atomic E-state index is 13.1. The van der Waals surface area contributed by atoms with Crippen LogP contribution < -0.4 is 5.32 Å². The third-order valence-electron chi connectivity index (χ3n) is 7.00. The number of hydrogen-bond donors (Lipinski definition) is 1. The largest absolute Gasteiger partial charge is 0.416 e. The second-order valence-corrected chi connectivity index (χ2v) is 9.53. The Kier molecular flexibility index (Phi) is 8.28. The van der Waals surface area contributed by atoms with Crippen molar-refractivity contribution in [3.63, 3.8) is 0 Å². The van der Waals surface area contributed by atoms with Crippen LogP contribution >= 0.6 is 0 Å². The number of carbonyl (C=O) groups is 1. The molecule has 2 aliphatic heterocycles. The number of amides is 1. The number of benzene rings is 2. The van der Waals surface area contributed by atoms with E-state index in [2.05, 4.69) is 34.5 Å². The zero-order valence-electron chi connectivity index (χ0n) is 20.2. The lowest BCUT2D eigenvalue weighted by Gasteiger charge is -2.34. The Bertz CT molecular complexity index is 1060. The van der Waals surface area contributed by atoms with Crippen molar-refractivity contribution < 1.29 is 31.1 Å². The van der Waals surface area contributed by atoms with Gasteiger partial charge in [-0.25, -0.2) is 0 Å². The molecule has 1 amide bonds. The molecule has 1 saturated heterocycles. The second-order valence-electron chi connectivity index (χ2n) is 9.53. The lowest BCUT2D eigenvalue weighted by atomic mass is 9.89. The summed E-state index contributed by atoms with van der Waals surface area (Å²) in [5, 5.41) is 2.51. The quantitative estimate of drug-likeness (QED) is 0.385. The molecule has 2 aliphatic rings. The molecule has 0 aromatic heterocycles. The van der Waals surface area contributed by atoms with Gasteiger partial charge in [-0.15, -0.1) is 0 Å². The van der Waals surface area contributed by atoms with E-state index in [-0.39, 0.29) is 11.6 Å². The van der Waals surface area contributed by atoms with Gasteiger partial charge in [0.25, 0.3) is 0 Å². The van der Waals surface area contributed by atoms with Crippen LogP contribution in [0.15, 0.2) is 60.7 Å². The summed E-state index contributed by atoms with van der Waals surface area (Å²) in [7, 11) is 0. The molecule has 1 N–H and O–H groups in total. The number of likely N-dealkylation sites (tertiary alicyclic amines) is 1. The second kappa shape index (κ2) is 11.3. The first-order chi connectivity index (χ1) is 17.5. The summed E-state index contributed by atoms with van der Waals surface area (Å²) in [6.45, 7) is 3.43. The van der Waals surface area contributed by atoms with E-state index in [1.807, 2.05) is 17.0 Å². The third-order valence-corrected chi connectivity index (χ3v) is 7.00. The van der Waals surface area contributed by atoms with Gasteiger partial charge in [-0.05, 0) is 61.2 Å². The predicted octanol–water partition coefficient (Wildman–Crippen LogP) is 5.46. The molecule has 0 spiro atoms. The van der Waals surface area contributed by atoms with Gasteiger partial charge in [-0.3, -0.25) is 9.69 Å². The molecule has 0 saturated carbocycles. The first-order valence-corrected chi connectivity index (χ1v) is 12.2. The van der Waals surface area contributed by atoms with Gasteiger partial charge in [0.2, 0.25) is 5.91 Å². The van der Waals surface area contributed by atoms with Crippen LogP contribution in [0.25, 0.3) is 0 Å². The van der Waals surface area contributed by atoms with Crippen molar-refractivity contribution in [2.75, 3.05) is 32.7 Å². The summed E-state index contributed by atoms with van der Waals surface area (Å²) in [5.74, 6) is 0.0839. The monoisotopic (exact) mass is 525 g/mol. The van der Waals surface area contributed by atoms with Crippen molar-refractivity contribution in [3.8, 4) is 0 Å². The molecule has 37 heavy (non-hydrogen) atoms. The lowest BCUT2D eigenvalue weighted by Crippen LogP contribution is -2.46. The van der Waals surface area contributed by atoms with Crippen LogP contribution in [0, 0.1) is 0 Å². The standard InChI is InChI=1S/C27H29F6N3O/c28-26(29,30)22-15-19(16-23(17-22)27(31,32)33)18-34-25(37)24-7-4-10-36(24)14-13-35-11-8-21(9-12-35)20-5-2-1-3-6-20/h1-7,15-17,21,24H,8-14,18H2,(H,34,37)/t24-/m0/s1. The summed E-state index contributed by atoms with van der Waals surface area (Å²) < 4.78 is 78.6. The molecule has 200 valence electrons. The number of halogens is 6. The van der Waals surface area contributed by atoms with Crippen molar-refractivity contribution in [1.82, 2.24) is 15.1 Å². The highest BCUT2D eigenvalue weighted by Gasteiger charge is 2.37. The average molecular weight is 526 g/mol. The summed E-state index contributed by atoms with van der Waals surface area (Å²) in [6, 6.07) is 11.2. The Hall–Kier alpha value is -2.85. The number of alkyl halides is 6. The lowest BCUT2D eigenvalue weighted by molar-refractivity contribution is -0.143. The number of rotatable bonds is 7. The van der Waals surface area contributed by atoms with E-state index in [0.29, 0.717) is 31.1 Å². The highest BCUT2D eigenvalue weighted by Crippen LogP contribution is 2.36. The number of piperidine rings is 1. The first kappa shape index (κ1) is 27.2. The molecule has 1 atom stereocenters. The van der Waals surface area contributed by atoms with Crippen molar-refractivity contribution in [3.05, 3.63) is 82.9 Å². The minimum atomic E-state index is -4.93. The number of nitrogens with zero attached hydrogens (tertiary/aromatic N) is 2. The van der Waals surface area contributed by atoms with Gasteiger partial charge in [-0.2, -0.15) is 26.3 Å². The maximum absolute atomic E-state index is 13.1. The number of carbonyl (C=O) groups excluding carboxylic acids is 1. The minimum absolute atomic E-state index is 0.0788. The highest BCUT2D eigenvalue weighted by molar-refractivity contribution is 5.84. The van der Waals surface area contributed by atoms with E-state index in [0.717, 1.165) is 32.5 Å². The fourth-order valence-electron chi connectivity index (χ4n) is 4.94. The Balaban J connectivity index is 1.29. The van der Waals surface area contributed by atoms with Crippen LogP contribution in [-0.4, -0.2) is 54.5 Å². The number of nitrogens with one attached hydrogen (secondary N) is 1. The normalized spacial score (nSPS) is 19.9. The van der Waals surface area contributed by atoms with Crippen LogP contribution in [0.3, 0.4) is 0 Å². The molecule has 2 aromatic carbocycles. The average Bonchev–Trinajstić information content (AvgIpc) is 3.34. The minimum Gasteiger partial charge on any atom is -0.350 e. The van der Waals surface area contributed by atoms with Crippen molar-refractivity contribution in [2.24, 2.45) is 0 Å². The predicted molar refractivity (Wildman–Crippen MR) is 128 cm³/mol. The fraction of sp³-hybridized carbons (Fsp3) is 0.444. The van der Waals surface area contributed by atoms with Crippen LogP contribution in [0.4, 0.5) is 26.3 Å². The van der Waals surface area contributed by atoms with E-state index >= 15 is 0 Å². The number of hydrogen-bond acceptors (Lipinski definition) is 3. The van der Waals surface area contributed by atoms with E-state index in [1.54, 1.807) is 6.08 Å². The van der Waals surface area contributed by atoms with Crippen molar-refractivity contribution >= 4 is 5.91 Å². The van der Waals surface area contributed by atoms with Crippen molar-refractivity contribution in [1.29, 1.82) is 0 Å². The van der Waals surface area contributed by atoms with Gasteiger partial charge >= 0.3 is 12.4 Å². The van der Waals surface area contributed by atoms with E-state index in [9.17, 15) is 31.1 Å². The molecule has 0 bridgehead atoms. The molecular formula is C27H29F6N3O. The topological polar surface area (TPSA) is 35.6 Å². The van der Waals surface area contributed by atoms with Gasteiger partial charge in [0.1, 0.15) is 6.04 Å². The van der Waals surface area contributed by atoms with Crippen LogP contribution in [-0.2, 0) is 23.7 Å². The fourth-order valence-corrected chi connectivity index (χ4v) is 4.94. The van der Waals surface area contributed by atoms with E-state index < -0.39 is 42.0 Å². The van der Waals surface area contributed by atoms with Crippen LogP contribution in [0.1, 0.15) is 41.0 Å². The summed E-state index contributed by atoms with van der Waals surface area (Å²) in [5.41, 5.74) is -1.70. The van der Waals surface area contributed by atoms with Gasteiger partial charge in [0, 0.05) is 26.2 Å². The van der Waals surface area contributed by atoms with Gasteiger partial charge in [0.05, 0.1) is 11.1 Å². The van der Waals surface area contributed by atoms with E-state index in [1.165, 1.54) is 5.56 Å². The maximum Gasteiger partial charge on any atom is 0.416 e. The van der Waals surface area contributed by atoms with Crippen molar-refractivity contribution in [2.45, 2.75) is 43.7 Å². The summed E-state index contributed by atoms with van der Waals surface area (Å²) in [6.07, 6.45) is -4.19. The Labute approximate surface area is 211 Å². The molecule has 2 heterocycles. The smallest absolute Gasteiger partial charge is 0.350 e. The van der Waals surface area contributed by atoms with Gasteiger partial charge in [-0.1, -0.05) is 42.5 Å². The zero-order chi connectivity index (χ0) is 26.6. The van der Waals surface area contributed by atoms with Crippen LogP contribution in [0.2, 0.25) is 0 Å². The molecule has 0 unspecified atom stereocenters. The Morgan fingerprint density at radius 2 is 1.51 bits per heavy atom. The molecule has 4 nitrogen and oxygen atoms in total. The van der Waals surface area contributed by atoms with Gasteiger partial charge < -0.3 is 10.2 Å². The molecule has 0 radical (unpaired) electrons. The van der Waals surface area contributed by atoms with Crippen LogP contribution in [0.5, 0.6) is 0 Å². The SMILES string of the molecule is O=C(NCc1cc(C(F)(F)F)cc(C(F)(F)F)c1)[C@@H]1C=CCN1CCN1CCC(c2ccccc2)CC1. The Morgan fingerprint density at radius 3 is 2.11 bits per heavy atom. The molecule has 10 heteroatoms. The van der Waals surface area contributed by atoms with Gasteiger partial charge in [0.15, 0.2) is 0 Å². The summed E-state index contributed by atoms with van der Waals surface area (Å²) in [4.78, 5) is 17.1. The Morgan fingerprint density at radius 1 is 0.892 bits per heavy atom. The van der Waals surface area contributed by atoms with E-state index in [4.69, 9.17) is 0 Å². The highest BCUT2D eigenvalue weighted by atomic mass is 19.4. The summed E-state index contributed by atoms with van der Waals surface area (Å²) >= 11 is 0. The third kappa shape index (κ3) is 7.13. The molecule has 2 aromatic rings. The molecule has 4 rings (SSSR count). The molecule has 1 fully saturated rings. The molecular weight excluding hydrogens is 496 g/mol. The molecule has 0 aliphatic carbocycles.